The first kappa shape index (κ1) is 11.8. The number of pyridine rings is 1. The Balaban J connectivity index is 2.38. The molecule has 0 aliphatic rings. The van der Waals surface area contributed by atoms with E-state index < -0.39 is 0 Å². The number of hydrogen-bond acceptors (Lipinski definition) is 4. The van der Waals surface area contributed by atoms with Crippen molar-refractivity contribution in [3.63, 3.8) is 0 Å². The number of rotatable bonds is 3. The van der Waals surface area contributed by atoms with Gasteiger partial charge in [0, 0.05) is 30.1 Å². The van der Waals surface area contributed by atoms with E-state index in [1.807, 2.05) is 26.0 Å². The lowest BCUT2D eigenvalue weighted by Crippen LogP contribution is -2.11. The first-order chi connectivity index (χ1) is 8.15. The average Bonchev–Trinajstić information content (AvgIpc) is 2.28. The highest BCUT2D eigenvalue weighted by Gasteiger charge is 2.06. The standard InChI is InChI=1S/C12H13ClN4/c1-8(2)15-11-6-10(13)16-12(17-11)9-4-3-5-14-7-9/h3-8H,1-2H3,(H,15,16,17). The van der Waals surface area contributed by atoms with E-state index in [1.54, 1.807) is 18.5 Å². The number of hydrogen-bond donors (Lipinski definition) is 1. The van der Waals surface area contributed by atoms with Gasteiger partial charge in [-0.3, -0.25) is 4.98 Å². The Bertz CT molecular complexity index is 499. The predicted molar refractivity (Wildman–Crippen MR) is 69.0 cm³/mol. The number of nitrogens with one attached hydrogen (secondary N) is 1. The highest BCUT2D eigenvalue weighted by molar-refractivity contribution is 6.29. The van der Waals surface area contributed by atoms with Crippen molar-refractivity contribution in [1.82, 2.24) is 15.0 Å². The molecule has 2 rings (SSSR count). The molecule has 0 saturated heterocycles. The van der Waals surface area contributed by atoms with Crippen molar-refractivity contribution in [3.8, 4) is 11.4 Å². The van der Waals surface area contributed by atoms with Gasteiger partial charge in [0.2, 0.25) is 0 Å². The van der Waals surface area contributed by atoms with Gasteiger partial charge in [-0.1, -0.05) is 11.6 Å². The molecular weight excluding hydrogens is 236 g/mol. The van der Waals surface area contributed by atoms with Gasteiger partial charge >= 0.3 is 0 Å². The van der Waals surface area contributed by atoms with Crippen LogP contribution >= 0.6 is 11.6 Å². The summed E-state index contributed by atoms with van der Waals surface area (Å²) in [5.74, 6) is 1.30. The first-order valence-corrected chi connectivity index (χ1v) is 5.74. The zero-order valence-electron chi connectivity index (χ0n) is 9.68. The van der Waals surface area contributed by atoms with Gasteiger partial charge in [-0.15, -0.1) is 0 Å². The molecule has 0 amide bonds. The smallest absolute Gasteiger partial charge is 0.164 e. The zero-order valence-corrected chi connectivity index (χ0v) is 10.4. The van der Waals surface area contributed by atoms with E-state index in [4.69, 9.17) is 11.6 Å². The minimum atomic E-state index is 0.294. The van der Waals surface area contributed by atoms with Gasteiger partial charge in [-0.2, -0.15) is 0 Å². The molecular formula is C12H13ClN4. The van der Waals surface area contributed by atoms with Crippen molar-refractivity contribution in [2.24, 2.45) is 0 Å². The van der Waals surface area contributed by atoms with Crippen molar-refractivity contribution in [1.29, 1.82) is 0 Å². The molecule has 1 N–H and O–H groups in total. The van der Waals surface area contributed by atoms with Gasteiger partial charge in [0.15, 0.2) is 5.82 Å². The Morgan fingerprint density at radius 3 is 2.76 bits per heavy atom. The molecule has 0 radical (unpaired) electrons. The van der Waals surface area contributed by atoms with Crippen molar-refractivity contribution in [2.75, 3.05) is 5.32 Å². The number of aromatic nitrogens is 3. The van der Waals surface area contributed by atoms with Crippen LogP contribution < -0.4 is 5.32 Å². The van der Waals surface area contributed by atoms with E-state index in [0.29, 0.717) is 17.0 Å². The van der Waals surface area contributed by atoms with Crippen LogP contribution in [0, 0.1) is 0 Å². The van der Waals surface area contributed by atoms with Crippen LogP contribution in [-0.4, -0.2) is 21.0 Å². The summed E-state index contributed by atoms with van der Waals surface area (Å²) in [6.45, 7) is 4.08. The second kappa shape index (κ2) is 5.10. The van der Waals surface area contributed by atoms with Crippen LogP contribution in [0.1, 0.15) is 13.8 Å². The van der Waals surface area contributed by atoms with Gasteiger partial charge in [0.1, 0.15) is 11.0 Å². The molecule has 0 atom stereocenters. The number of halogens is 1. The maximum absolute atomic E-state index is 5.97. The second-order valence-electron chi connectivity index (χ2n) is 3.94. The molecule has 0 fully saturated rings. The SMILES string of the molecule is CC(C)Nc1cc(Cl)nc(-c2cccnc2)n1. The van der Waals surface area contributed by atoms with Gasteiger partial charge in [0.25, 0.3) is 0 Å². The third-order valence-electron chi connectivity index (χ3n) is 2.05. The molecule has 4 nitrogen and oxygen atoms in total. The second-order valence-corrected chi connectivity index (χ2v) is 4.33. The van der Waals surface area contributed by atoms with Crippen molar-refractivity contribution < 1.29 is 0 Å². The fraction of sp³-hybridized carbons (Fsp3) is 0.250. The van der Waals surface area contributed by atoms with E-state index in [9.17, 15) is 0 Å². The minimum absolute atomic E-state index is 0.294. The normalized spacial score (nSPS) is 10.6. The van der Waals surface area contributed by atoms with Crippen LogP contribution in [0.3, 0.4) is 0 Å². The van der Waals surface area contributed by atoms with Crippen LogP contribution in [0.2, 0.25) is 5.15 Å². The molecule has 2 heterocycles. The lowest BCUT2D eigenvalue weighted by Gasteiger charge is -2.10. The van der Waals surface area contributed by atoms with Crippen LogP contribution in [0.4, 0.5) is 5.82 Å². The van der Waals surface area contributed by atoms with Gasteiger partial charge in [-0.05, 0) is 26.0 Å². The highest BCUT2D eigenvalue weighted by Crippen LogP contribution is 2.19. The van der Waals surface area contributed by atoms with E-state index in [2.05, 4.69) is 20.3 Å². The molecule has 0 aromatic carbocycles. The summed E-state index contributed by atoms with van der Waals surface area (Å²) in [5, 5.41) is 3.62. The Hall–Kier alpha value is -1.68. The zero-order chi connectivity index (χ0) is 12.3. The summed E-state index contributed by atoms with van der Waals surface area (Å²) in [6, 6.07) is 5.75. The molecule has 0 aliphatic heterocycles. The van der Waals surface area contributed by atoms with E-state index >= 15 is 0 Å². The molecule has 0 unspecified atom stereocenters. The topological polar surface area (TPSA) is 50.7 Å². The van der Waals surface area contributed by atoms with Crippen LogP contribution in [0.5, 0.6) is 0 Å². The van der Waals surface area contributed by atoms with Gasteiger partial charge in [-0.25, -0.2) is 9.97 Å². The third-order valence-corrected chi connectivity index (χ3v) is 2.24. The van der Waals surface area contributed by atoms with E-state index in [-0.39, 0.29) is 0 Å². The molecule has 0 aliphatic carbocycles. The van der Waals surface area contributed by atoms with Crippen molar-refractivity contribution >= 4 is 17.4 Å². The summed E-state index contributed by atoms with van der Waals surface area (Å²) < 4.78 is 0. The largest absolute Gasteiger partial charge is 0.368 e. The summed E-state index contributed by atoms with van der Waals surface area (Å²) in [5.41, 5.74) is 0.849. The van der Waals surface area contributed by atoms with E-state index in [1.165, 1.54) is 0 Å². The van der Waals surface area contributed by atoms with Gasteiger partial charge < -0.3 is 5.32 Å². The molecule has 88 valence electrons. The summed E-state index contributed by atoms with van der Waals surface area (Å²) in [7, 11) is 0. The summed E-state index contributed by atoms with van der Waals surface area (Å²) >= 11 is 5.97. The molecule has 0 saturated carbocycles. The molecule has 5 heteroatoms. The molecule has 0 spiro atoms. The fourth-order valence-corrected chi connectivity index (χ4v) is 1.59. The molecule has 17 heavy (non-hydrogen) atoms. The quantitative estimate of drug-likeness (QED) is 0.849. The fourth-order valence-electron chi connectivity index (χ4n) is 1.41. The molecule has 2 aromatic rings. The first-order valence-electron chi connectivity index (χ1n) is 5.36. The Kier molecular flexibility index (Phi) is 3.54. The number of nitrogens with zero attached hydrogens (tertiary/aromatic N) is 3. The van der Waals surface area contributed by atoms with Crippen LogP contribution in [-0.2, 0) is 0 Å². The monoisotopic (exact) mass is 248 g/mol. The van der Waals surface area contributed by atoms with E-state index in [0.717, 1.165) is 11.4 Å². The van der Waals surface area contributed by atoms with Crippen LogP contribution in [0.25, 0.3) is 11.4 Å². The highest BCUT2D eigenvalue weighted by atomic mass is 35.5. The Labute approximate surface area is 105 Å². The Morgan fingerprint density at radius 2 is 2.12 bits per heavy atom. The predicted octanol–water partition coefficient (Wildman–Crippen LogP) is 3.01. The maximum Gasteiger partial charge on any atom is 0.164 e. The lowest BCUT2D eigenvalue weighted by molar-refractivity contribution is 0.887. The molecule has 2 aromatic heterocycles. The van der Waals surface area contributed by atoms with Crippen molar-refractivity contribution in [3.05, 3.63) is 35.7 Å². The lowest BCUT2D eigenvalue weighted by atomic mass is 10.2. The average molecular weight is 249 g/mol. The summed E-state index contributed by atoms with van der Waals surface area (Å²) in [4.78, 5) is 12.6. The third kappa shape index (κ3) is 3.14. The van der Waals surface area contributed by atoms with Crippen molar-refractivity contribution in [2.45, 2.75) is 19.9 Å². The minimum Gasteiger partial charge on any atom is -0.368 e. The number of anilines is 1. The Morgan fingerprint density at radius 1 is 1.29 bits per heavy atom. The van der Waals surface area contributed by atoms with Crippen LogP contribution in [0.15, 0.2) is 30.6 Å². The molecule has 0 bridgehead atoms. The maximum atomic E-state index is 5.97. The summed E-state index contributed by atoms with van der Waals surface area (Å²) in [6.07, 6.45) is 3.42. The van der Waals surface area contributed by atoms with Gasteiger partial charge in [0.05, 0.1) is 0 Å².